The van der Waals surface area contributed by atoms with Crippen LogP contribution in [0.25, 0.3) is 33.1 Å². The number of nitrogens with zero attached hydrogens (tertiary/aromatic N) is 2. The lowest BCUT2D eigenvalue weighted by Crippen LogP contribution is -2.42. The average Bonchev–Trinajstić information content (AvgIpc) is 3.64. The van der Waals surface area contributed by atoms with Crippen LogP contribution in [-0.2, 0) is 16.2 Å². The van der Waals surface area contributed by atoms with Crippen LogP contribution in [-0.4, -0.2) is 0 Å². The van der Waals surface area contributed by atoms with E-state index in [2.05, 4.69) is 227 Å². The molecule has 8 aromatic carbocycles. The number of para-hydroxylation sites is 3. The molecule has 1 unspecified atom stereocenters. The lowest BCUT2D eigenvalue weighted by molar-refractivity contribution is 0.589. The van der Waals surface area contributed by atoms with Crippen molar-refractivity contribution in [3.05, 3.63) is 220 Å². The van der Waals surface area contributed by atoms with Gasteiger partial charge in [-0.05, 0) is 86.2 Å². The van der Waals surface area contributed by atoms with Crippen molar-refractivity contribution in [3.8, 4) is 11.1 Å². The van der Waals surface area contributed by atoms with Crippen LogP contribution < -0.4 is 9.80 Å². The summed E-state index contributed by atoms with van der Waals surface area (Å²) in [6.45, 7) is 13.9. The van der Waals surface area contributed by atoms with Crippen LogP contribution in [0.5, 0.6) is 0 Å². The second kappa shape index (κ2) is 12.6. The van der Waals surface area contributed by atoms with E-state index in [1.165, 1.54) is 72.7 Å². The molecule has 4 heterocycles. The van der Waals surface area contributed by atoms with Crippen LogP contribution in [0.2, 0.25) is 0 Å². The molecule has 12 rings (SSSR count). The third-order valence-electron chi connectivity index (χ3n) is 13.8. The summed E-state index contributed by atoms with van der Waals surface area (Å²) in [6.07, 6.45) is 0. The second-order valence-electron chi connectivity index (χ2n) is 19.3. The van der Waals surface area contributed by atoms with Crippen LogP contribution in [0.1, 0.15) is 92.1 Å². The van der Waals surface area contributed by atoms with Crippen molar-refractivity contribution in [1.29, 1.82) is 0 Å². The van der Waals surface area contributed by atoms with E-state index in [-0.39, 0.29) is 16.9 Å². The highest BCUT2D eigenvalue weighted by molar-refractivity contribution is 6.11. The SMILES string of the molecule is CC(C)(C)c1ccc(N2c3cc4oc5ccccc5c4cc3-c3cc(C(C)(C)C)cc4c3C2c2cccc3c2N4c2ccccc2C3(c2ccccc2)c2ccccc2)cc1. The molecule has 0 saturated carbocycles. The fourth-order valence-corrected chi connectivity index (χ4v) is 10.9. The van der Waals surface area contributed by atoms with E-state index in [0.29, 0.717) is 0 Å². The van der Waals surface area contributed by atoms with E-state index in [1.54, 1.807) is 0 Å². The molecule has 296 valence electrons. The molecule has 3 aliphatic heterocycles. The van der Waals surface area contributed by atoms with E-state index in [0.717, 1.165) is 33.3 Å². The maximum absolute atomic E-state index is 6.70. The minimum absolute atomic E-state index is 0.0251. The Balaban J connectivity index is 1.25. The number of benzene rings is 8. The van der Waals surface area contributed by atoms with Gasteiger partial charge in [-0.25, -0.2) is 0 Å². The quantitative estimate of drug-likeness (QED) is 0.178. The topological polar surface area (TPSA) is 19.6 Å². The summed E-state index contributed by atoms with van der Waals surface area (Å²) in [5.41, 5.74) is 20.0. The van der Waals surface area contributed by atoms with Crippen molar-refractivity contribution >= 4 is 50.4 Å². The predicted octanol–water partition coefficient (Wildman–Crippen LogP) is 15.6. The van der Waals surface area contributed by atoms with E-state index >= 15 is 0 Å². The van der Waals surface area contributed by atoms with Crippen LogP contribution >= 0.6 is 0 Å². The normalized spacial score (nSPS) is 15.9. The highest BCUT2D eigenvalue weighted by Crippen LogP contribution is 2.66. The Labute approximate surface area is 358 Å². The summed E-state index contributed by atoms with van der Waals surface area (Å²) in [4.78, 5) is 5.25. The Bertz CT molecular complexity index is 3180. The summed E-state index contributed by atoms with van der Waals surface area (Å²) < 4.78 is 6.70. The van der Waals surface area contributed by atoms with Gasteiger partial charge in [-0.1, -0.05) is 175 Å². The van der Waals surface area contributed by atoms with Crippen LogP contribution in [0.3, 0.4) is 0 Å². The van der Waals surface area contributed by atoms with Crippen molar-refractivity contribution in [3.63, 3.8) is 0 Å². The number of hydrogen-bond donors (Lipinski definition) is 0. The first-order valence-electron chi connectivity index (χ1n) is 21.7. The second-order valence-corrected chi connectivity index (χ2v) is 19.3. The van der Waals surface area contributed by atoms with Gasteiger partial charge in [0.25, 0.3) is 0 Å². The fourth-order valence-electron chi connectivity index (χ4n) is 10.9. The molecule has 1 atom stereocenters. The average molecular weight is 789 g/mol. The Morgan fingerprint density at radius 1 is 0.475 bits per heavy atom. The van der Waals surface area contributed by atoms with Gasteiger partial charge in [-0.15, -0.1) is 0 Å². The number of furan rings is 1. The monoisotopic (exact) mass is 788 g/mol. The van der Waals surface area contributed by atoms with Gasteiger partial charge in [0.05, 0.1) is 34.2 Å². The molecular weight excluding hydrogens is 741 g/mol. The number of rotatable bonds is 3. The molecule has 0 fully saturated rings. The van der Waals surface area contributed by atoms with Gasteiger partial charge in [0.1, 0.15) is 11.2 Å². The van der Waals surface area contributed by atoms with Gasteiger partial charge in [0, 0.05) is 39.2 Å². The van der Waals surface area contributed by atoms with Crippen molar-refractivity contribution in [2.75, 3.05) is 9.80 Å². The first-order chi connectivity index (χ1) is 29.5. The third-order valence-corrected chi connectivity index (χ3v) is 13.8. The van der Waals surface area contributed by atoms with Gasteiger partial charge in [0.15, 0.2) is 0 Å². The number of hydrogen-bond acceptors (Lipinski definition) is 3. The van der Waals surface area contributed by atoms with Crippen LogP contribution in [0, 0.1) is 0 Å². The molecule has 0 bridgehead atoms. The molecular formula is C58H48N2O. The predicted molar refractivity (Wildman–Crippen MR) is 254 cm³/mol. The van der Waals surface area contributed by atoms with Gasteiger partial charge in [-0.2, -0.15) is 0 Å². The van der Waals surface area contributed by atoms with Crippen molar-refractivity contribution in [2.45, 2.75) is 63.8 Å². The van der Waals surface area contributed by atoms with Gasteiger partial charge in [0.2, 0.25) is 0 Å². The first-order valence-corrected chi connectivity index (χ1v) is 21.7. The lowest BCUT2D eigenvalue weighted by Gasteiger charge is -2.53. The van der Waals surface area contributed by atoms with Crippen molar-refractivity contribution in [1.82, 2.24) is 0 Å². The Morgan fingerprint density at radius 2 is 1.11 bits per heavy atom. The molecule has 0 spiro atoms. The van der Waals surface area contributed by atoms with Crippen LogP contribution in [0.4, 0.5) is 28.4 Å². The minimum Gasteiger partial charge on any atom is -0.456 e. The third kappa shape index (κ3) is 4.98. The molecule has 3 aliphatic rings. The van der Waals surface area contributed by atoms with Gasteiger partial charge < -0.3 is 14.2 Å². The van der Waals surface area contributed by atoms with Crippen LogP contribution in [0.15, 0.2) is 180 Å². The zero-order valence-electron chi connectivity index (χ0n) is 35.6. The Morgan fingerprint density at radius 3 is 1.82 bits per heavy atom. The van der Waals surface area contributed by atoms with E-state index in [1.807, 2.05) is 0 Å². The first kappa shape index (κ1) is 36.0. The van der Waals surface area contributed by atoms with Gasteiger partial charge in [-0.3, -0.25) is 0 Å². The Kier molecular flexibility index (Phi) is 7.44. The smallest absolute Gasteiger partial charge is 0.137 e. The molecule has 9 aromatic rings. The maximum Gasteiger partial charge on any atom is 0.137 e. The molecule has 3 nitrogen and oxygen atoms in total. The van der Waals surface area contributed by atoms with E-state index in [4.69, 9.17) is 4.42 Å². The largest absolute Gasteiger partial charge is 0.456 e. The molecule has 61 heavy (non-hydrogen) atoms. The zero-order valence-corrected chi connectivity index (χ0v) is 35.6. The Hall–Kier alpha value is -6.84. The molecule has 0 aliphatic carbocycles. The highest BCUT2D eigenvalue weighted by atomic mass is 16.3. The number of anilines is 5. The summed E-state index contributed by atoms with van der Waals surface area (Å²) in [5, 5.41) is 2.28. The molecule has 1 aromatic heterocycles. The van der Waals surface area contributed by atoms with E-state index < -0.39 is 5.41 Å². The standard InChI is InChI=1S/C58H48N2O/c1-56(2,3)36-28-30-40(31-29-36)59-49-35-52-44(41-22-13-16-27-51(41)61-52)34-43(49)45-32-39(57(4,5)6)33-50-53(45)55(59)42-23-17-25-47-54(42)60(50)48-26-15-14-24-46(48)58(47,37-18-9-7-10-19-37)38-20-11-8-12-21-38/h7-35,55H,1-6H3. The number of fused-ring (bicyclic) bond motifs is 9. The summed E-state index contributed by atoms with van der Waals surface area (Å²) >= 11 is 0. The molecule has 0 radical (unpaired) electrons. The summed E-state index contributed by atoms with van der Waals surface area (Å²) in [6, 6.07) is 66.1. The molecule has 0 saturated heterocycles. The van der Waals surface area contributed by atoms with Crippen molar-refractivity contribution in [2.24, 2.45) is 0 Å². The lowest BCUT2D eigenvalue weighted by atomic mass is 9.61. The molecule has 0 amide bonds. The summed E-state index contributed by atoms with van der Waals surface area (Å²) in [5.74, 6) is 0. The minimum atomic E-state index is -0.574. The van der Waals surface area contributed by atoms with E-state index in [9.17, 15) is 0 Å². The summed E-state index contributed by atoms with van der Waals surface area (Å²) in [7, 11) is 0. The highest BCUT2D eigenvalue weighted by Gasteiger charge is 2.52. The zero-order chi connectivity index (χ0) is 41.4. The maximum atomic E-state index is 6.70. The fraction of sp³-hybridized carbons (Fsp3) is 0.172. The van der Waals surface area contributed by atoms with Gasteiger partial charge >= 0.3 is 0 Å². The molecule has 0 N–H and O–H groups in total. The van der Waals surface area contributed by atoms with Crippen molar-refractivity contribution < 1.29 is 4.42 Å². The molecule has 3 heteroatoms.